The molecule has 1 unspecified atom stereocenters. The molecule has 0 aliphatic rings. The molecule has 14 heavy (non-hydrogen) atoms. The average molecular weight is 202 g/mol. The van der Waals surface area contributed by atoms with Crippen LogP contribution in [0, 0.1) is 0 Å². The molecular formula is C11H22O3. The lowest BCUT2D eigenvalue weighted by Crippen LogP contribution is -2.16. The summed E-state index contributed by atoms with van der Waals surface area (Å²) >= 11 is 0. The molecular weight excluding hydrogens is 180 g/mol. The maximum Gasteiger partial charge on any atom is 0.506 e. The second-order valence-corrected chi connectivity index (χ2v) is 3.64. The van der Waals surface area contributed by atoms with Crippen molar-refractivity contribution < 1.29 is 14.6 Å². The zero-order valence-corrected chi connectivity index (χ0v) is 9.29. The Kier molecular flexibility index (Phi) is 8.39. The van der Waals surface area contributed by atoms with Crippen molar-refractivity contribution in [3.63, 3.8) is 0 Å². The molecule has 0 rings (SSSR count). The molecule has 1 atom stereocenters. The largest absolute Gasteiger partial charge is 0.506 e. The van der Waals surface area contributed by atoms with Crippen LogP contribution >= 0.6 is 0 Å². The van der Waals surface area contributed by atoms with E-state index in [4.69, 9.17) is 9.84 Å². The first kappa shape index (κ1) is 13.3. The predicted molar refractivity (Wildman–Crippen MR) is 56.6 cm³/mol. The van der Waals surface area contributed by atoms with Gasteiger partial charge in [-0.3, -0.25) is 0 Å². The van der Waals surface area contributed by atoms with Gasteiger partial charge in [0.1, 0.15) is 6.10 Å². The van der Waals surface area contributed by atoms with Gasteiger partial charge in [0.25, 0.3) is 0 Å². The van der Waals surface area contributed by atoms with E-state index in [1.54, 1.807) is 0 Å². The van der Waals surface area contributed by atoms with E-state index < -0.39 is 6.16 Å². The first-order valence-electron chi connectivity index (χ1n) is 5.60. The quantitative estimate of drug-likeness (QED) is 0.480. The minimum atomic E-state index is -1.14. The summed E-state index contributed by atoms with van der Waals surface area (Å²) in [6.07, 6.45) is 6.16. The molecule has 0 bridgehead atoms. The molecule has 1 N–H and O–H groups in total. The van der Waals surface area contributed by atoms with Crippen molar-refractivity contribution in [2.45, 2.75) is 64.9 Å². The van der Waals surface area contributed by atoms with Gasteiger partial charge in [0.2, 0.25) is 0 Å². The van der Waals surface area contributed by atoms with Crippen LogP contribution in [0.5, 0.6) is 0 Å². The molecule has 0 aromatic rings. The Bertz CT molecular complexity index is 145. The van der Waals surface area contributed by atoms with Crippen LogP contribution in [0.25, 0.3) is 0 Å². The number of ether oxygens (including phenoxy) is 1. The molecule has 84 valence electrons. The van der Waals surface area contributed by atoms with E-state index in [0.29, 0.717) is 0 Å². The molecule has 0 saturated carbocycles. The van der Waals surface area contributed by atoms with Gasteiger partial charge >= 0.3 is 6.16 Å². The standard InChI is InChI=1S/C11H22O3/c1-3-5-6-7-9-10(8-4-2)14-11(12)13/h10H,3-9H2,1-2H3,(H,12,13). The first-order valence-corrected chi connectivity index (χ1v) is 5.60. The monoisotopic (exact) mass is 202 g/mol. The Morgan fingerprint density at radius 3 is 2.36 bits per heavy atom. The van der Waals surface area contributed by atoms with Crippen LogP contribution in [0.4, 0.5) is 4.79 Å². The van der Waals surface area contributed by atoms with Crippen molar-refractivity contribution in [3.8, 4) is 0 Å². The van der Waals surface area contributed by atoms with Crippen molar-refractivity contribution >= 4 is 6.16 Å². The SMILES string of the molecule is CCCCCCC(CCC)OC(=O)O. The lowest BCUT2D eigenvalue weighted by molar-refractivity contribution is 0.0431. The van der Waals surface area contributed by atoms with Crippen LogP contribution in [-0.2, 0) is 4.74 Å². The summed E-state index contributed by atoms with van der Waals surface area (Å²) < 4.78 is 4.79. The van der Waals surface area contributed by atoms with Gasteiger partial charge in [-0.2, -0.15) is 0 Å². The topological polar surface area (TPSA) is 46.5 Å². The van der Waals surface area contributed by atoms with Crippen LogP contribution in [0.3, 0.4) is 0 Å². The fraction of sp³-hybridized carbons (Fsp3) is 0.909. The number of carbonyl (C=O) groups is 1. The third-order valence-corrected chi connectivity index (χ3v) is 2.26. The summed E-state index contributed by atoms with van der Waals surface area (Å²) in [5.41, 5.74) is 0. The predicted octanol–water partition coefficient (Wildman–Crippen LogP) is 3.82. The fourth-order valence-corrected chi connectivity index (χ4v) is 1.53. The molecule has 0 spiro atoms. The van der Waals surface area contributed by atoms with Gasteiger partial charge in [0.15, 0.2) is 0 Å². The highest BCUT2D eigenvalue weighted by atomic mass is 16.7. The lowest BCUT2D eigenvalue weighted by atomic mass is 10.1. The molecule has 0 saturated heterocycles. The van der Waals surface area contributed by atoms with E-state index in [0.717, 1.165) is 25.7 Å². The van der Waals surface area contributed by atoms with Gasteiger partial charge < -0.3 is 9.84 Å². The molecule has 0 aromatic heterocycles. The second-order valence-electron chi connectivity index (χ2n) is 3.64. The van der Waals surface area contributed by atoms with E-state index in [1.807, 2.05) is 6.92 Å². The molecule has 0 aliphatic carbocycles. The summed E-state index contributed by atoms with van der Waals surface area (Å²) in [6.45, 7) is 4.21. The van der Waals surface area contributed by atoms with Gasteiger partial charge in [-0.1, -0.05) is 39.5 Å². The van der Waals surface area contributed by atoms with Gasteiger partial charge in [-0.05, 0) is 19.3 Å². The van der Waals surface area contributed by atoms with Crippen LogP contribution in [-0.4, -0.2) is 17.4 Å². The zero-order valence-electron chi connectivity index (χ0n) is 9.29. The van der Waals surface area contributed by atoms with E-state index in [-0.39, 0.29) is 6.10 Å². The van der Waals surface area contributed by atoms with E-state index in [9.17, 15) is 4.79 Å². The van der Waals surface area contributed by atoms with Gasteiger partial charge in [-0.15, -0.1) is 0 Å². The summed E-state index contributed by atoms with van der Waals surface area (Å²) in [5, 5.41) is 8.49. The Morgan fingerprint density at radius 1 is 1.14 bits per heavy atom. The van der Waals surface area contributed by atoms with Crippen molar-refractivity contribution in [1.29, 1.82) is 0 Å². The average Bonchev–Trinajstić information content (AvgIpc) is 2.12. The number of unbranched alkanes of at least 4 members (excludes halogenated alkanes) is 3. The van der Waals surface area contributed by atoms with Crippen LogP contribution in [0.2, 0.25) is 0 Å². The minimum Gasteiger partial charge on any atom is -0.450 e. The van der Waals surface area contributed by atoms with Gasteiger partial charge in [0.05, 0.1) is 0 Å². The Hall–Kier alpha value is -0.730. The maximum absolute atomic E-state index is 10.4. The molecule has 3 nitrogen and oxygen atoms in total. The highest BCUT2D eigenvalue weighted by Gasteiger charge is 2.11. The Labute approximate surface area is 86.5 Å². The number of carboxylic acid groups (broad SMARTS) is 1. The fourth-order valence-electron chi connectivity index (χ4n) is 1.53. The molecule has 0 amide bonds. The van der Waals surface area contributed by atoms with Gasteiger partial charge in [-0.25, -0.2) is 4.79 Å². The third-order valence-electron chi connectivity index (χ3n) is 2.26. The van der Waals surface area contributed by atoms with Crippen molar-refractivity contribution in [2.75, 3.05) is 0 Å². The normalized spacial score (nSPS) is 12.4. The van der Waals surface area contributed by atoms with Crippen LogP contribution in [0.1, 0.15) is 58.8 Å². The Balaban J connectivity index is 3.56. The molecule has 0 radical (unpaired) electrons. The summed E-state index contributed by atoms with van der Waals surface area (Å²) in [4.78, 5) is 10.4. The highest BCUT2D eigenvalue weighted by molar-refractivity contribution is 5.57. The van der Waals surface area contributed by atoms with Crippen LogP contribution < -0.4 is 0 Å². The van der Waals surface area contributed by atoms with Crippen molar-refractivity contribution in [1.82, 2.24) is 0 Å². The maximum atomic E-state index is 10.4. The Morgan fingerprint density at radius 2 is 1.86 bits per heavy atom. The summed E-state index contributed by atoms with van der Waals surface area (Å²) in [5.74, 6) is 0. The highest BCUT2D eigenvalue weighted by Crippen LogP contribution is 2.12. The number of hydrogen-bond acceptors (Lipinski definition) is 2. The molecule has 0 aromatic carbocycles. The molecule has 0 aliphatic heterocycles. The number of rotatable bonds is 8. The van der Waals surface area contributed by atoms with E-state index in [2.05, 4.69) is 6.92 Å². The first-order chi connectivity index (χ1) is 6.70. The van der Waals surface area contributed by atoms with E-state index in [1.165, 1.54) is 19.3 Å². The van der Waals surface area contributed by atoms with Crippen molar-refractivity contribution in [3.05, 3.63) is 0 Å². The van der Waals surface area contributed by atoms with Crippen LogP contribution in [0.15, 0.2) is 0 Å². The zero-order chi connectivity index (χ0) is 10.8. The minimum absolute atomic E-state index is 0.0886. The number of hydrogen-bond donors (Lipinski definition) is 1. The molecule has 0 fully saturated rings. The molecule has 3 heteroatoms. The summed E-state index contributed by atoms with van der Waals surface area (Å²) in [7, 11) is 0. The molecule has 0 heterocycles. The smallest absolute Gasteiger partial charge is 0.450 e. The van der Waals surface area contributed by atoms with Gasteiger partial charge in [0, 0.05) is 0 Å². The summed E-state index contributed by atoms with van der Waals surface area (Å²) in [6, 6.07) is 0. The lowest BCUT2D eigenvalue weighted by Gasteiger charge is -2.14. The third kappa shape index (κ3) is 7.90. The van der Waals surface area contributed by atoms with E-state index >= 15 is 0 Å². The van der Waals surface area contributed by atoms with Crippen molar-refractivity contribution in [2.24, 2.45) is 0 Å². The second kappa shape index (κ2) is 8.85.